The van der Waals surface area contributed by atoms with Crippen molar-refractivity contribution in [1.29, 1.82) is 0 Å². The van der Waals surface area contributed by atoms with Gasteiger partial charge in [0.2, 0.25) is 5.91 Å². The number of nitrogens with one attached hydrogen (secondary N) is 1. The zero-order chi connectivity index (χ0) is 12.0. The second-order valence-corrected chi connectivity index (χ2v) is 5.30. The van der Waals surface area contributed by atoms with Gasteiger partial charge < -0.3 is 4.90 Å². The van der Waals surface area contributed by atoms with Gasteiger partial charge in [-0.3, -0.25) is 10.1 Å². The van der Waals surface area contributed by atoms with Crippen LogP contribution in [-0.4, -0.2) is 23.9 Å². The van der Waals surface area contributed by atoms with Crippen molar-refractivity contribution in [2.45, 2.75) is 18.5 Å². The van der Waals surface area contributed by atoms with E-state index in [1.807, 2.05) is 17.0 Å². The first-order chi connectivity index (χ1) is 8.13. The first-order valence-corrected chi connectivity index (χ1v) is 6.40. The molecule has 5 heteroatoms. The molecule has 3 nitrogen and oxygen atoms in total. The fourth-order valence-electron chi connectivity index (χ4n) is 2.84. The van der Waals surface area contributed by atoms with Gasteiger partial charge in [0.05, 0.1) is 0 Å². The molecule has 1 amide bonds. The van der Waals surface area contributed by atoms with Crippen molar-refractivity contribution in [2.75, 3.05) is 13.1 Å². The number of amides is 1. The van der Waals surface area contributed by atoms with Gasteiger partial charge in [-0.05, 0) is 18.6 Å². The lowest BCUT2D eigenvalue weighted by atomic mass is 9.97. The van der Waals surface area contributed by atoms with Gasteiger partial charge in [-0.15, -0.1) is 0 Å². The van der Waals surface area contributed by atoms with Crippen molar-refractivity contribution in [3.05, 3.63) is 33.8 Å². The maximum absolute atomic E-state index is 11.8. The molecule has 17 heavy (non-hydrogen) atoms. The van der Waals surface area contributed by atoms with Crippen molar-refractivity contribution in [3.8, 4) is 0 Å². The minimum absolute atomic E-state index is 0.195. The zero-order valence-electron chi connectivity index (χ0n) is 9.17. The maximum Gasteiger partial charge on any atom is 0.224 e. The Kier molecular flexibility index (Phi) is 2.58. The Hall–Kier alpha value is -0.770. The average Bonchev–Trinajstić information content (AvgIpc) is 2.81. The fourth-order valence-corrected chi connectivity index (χ4v) is 3.41. The molecule has 1 unspecified atom stereocenters. The lowest BCUT2D eigenvalue weighted by molar-refractivity contribution is -0.130. The van der Waals surface area contributed by atoms with Gasteiger partial charge in [0.1, 0.15) is 5.66 Å². The van der Waals surface area contributed by atoms with Crippen molar-refractivity contribution in [1.82, 2.24) is 10.2 Å². The number of nitrogens with zero attached hydrogens (tertiary/aromatic N) is 1. The van der Waals surface area contributed by atoms with Gasteiger partial charge in [0.15, 0.2) is 0 Å². The highest BCUT2D eigenvalue weighted by atomic mass is 35.5. The van der Waals surface area contributed by atoms with E-state index in [0.717, 1.165) is 25.1 Å². The minimum atomic E-state index is -0.404. The number of benzene rings is 1. The third kappa shape index (κ3) is 1.57. The lowest BCUT2D eigenvalue weighted by Gasteiger charge is -2.33. The molecule has 0 radical (unpaired) electrons. The summed E-state index contributed by atoms with van der Waals surface area (Å²) in [5.74, 6) is 0.195. The molecule has 2 saturated heterocycles. The van der Waals surface area contributed by atoms with E-state index >= 15 is 0 Å². The third-order valence-electron chi connectivity index (χ3n) is 3.59. The van der Waals surface area contributed by atoms with Crippen LogP contribution < -0.4 is 5.32 Å². The smallest absolute Gasteiger partial charge is 0.224 e. The SMILES string of the molecule is O=C1CCC2(c3ccc(Cl)cc3Cl)NCCN12. The van der Waals surface area contributed by atoms with Crippen LogP contribution in [0.4, 0.5) is 0 Å². The normalized spacial score (nSPS) is 27.6. The monoisotopic (exact) mass is 270 g/mol. The summed E-state index contributed by atoms with van der Waals surface area (Å²) < 4.78 is 0. The predicted octanol–water partition coefficient (Wildman–Crippen LogP) is 2.37. The summed E-state index contributed by atoms with van der Waals surface area (Å²) in [5.41, 5.74) is 0.547. The molecule has 0 aromatic heterocycles. The van der Waals surface area contributed by atoms with Gasteiger partial charge in [-0.1, -0.05) is 29.3 Å². The Morgan fingerprint density at radius 3 is 2.94 bits per heavy atom. The molecule has 0 spiro atoms. The predicted molar refractivity (Wildman–Crippen MR) is 67.1 cm³/mol. The summed E-state index contributed by atoms with van der Waals surface area (Å²) in [6.45, 7) is 1.56. The number of hydrogen-bond acceptors (Lipinski definition) is 2. The Bertz CT molecular complexity index is 491. The van der Waals surface area contributed by atoms with Crippen LogP contribution in [0.15, 0.2) is 18.2 Å². The summed E-state index contributed by atoms with van der Waals surface area (Å²) in [7, 11) is 0. The number of halogens is 2. The molecule has 2 aliphatic rings. The Morgan fingerprint density at radius 1 is 1.35 bits per heavy atom. The van der Waals surface area contributed by atoms with Gasteiger partial charge in [-0.25, -0.2) is 0 Å². The molecule has 1 atom stereocenters. The van der Waals surface area contributed by atoms with Crippen LogP contribution in [0.5, 0.6) is 0 Å². The zero-order valence-corrected chi connectivity index (χ0v) is 10.7. The van der Waals surface area contributed by atoms with Gasteiger partial charge in [0, 0.05) is 35.1 Å². The topological polar surface area (TPSA) is 32.3 Å². The first-order valence-electron chi connectivity index (χ1n) is 5.64. The summed E-state index contributed by atoms with van der Waals surface area (Å²) in [6.07, 6.45) is 1.35. The number of hydrogen-bond donors (Lipinski definition) is 1. The van der Waals surface area contributed by atoms with E-state index < -0.39 is 5.66 Å². The van der Waals surface area contributed by atoms with E-state index in [1.165, 1.54) is 0 Å². The number of fused-ring (bicyclic) bond motifs is 1. The standard InChI is InChI=1S/C12H12Cl2N2O/c13-8-1-2-9(10(14)7-8)12-4-3-11(17)16(12)6-5-15-12/h1-2,7,15H,3-6H2. The minimum Gasteiger partial charge on any atom is -0.319 e. The van der Waals surface area contributed by atoms with E-state index in [2.05, 4.69) is 5.32 Å². The molecule has 0 aliphatic carbocycles. The number of carbonyl (C=O) groups excluding carboxylic acids is 1. The molecule has 0 bridgehead atoms. The van der Waals surface area contributed by atoms with Crippen molar-refractivity contribution in [2.24, 2.45) is 0 Å². The van der Waals surface area contributed by atoms with E-state index in [4.69, 9.17) is 23.2 Å². The second-order valence-electron chi connectivity index (χ2n) is 4.46. The summed E-state index contributed by atoms with van der Waals surface area (Å²) in [5, 5.41) is 4.65. The number of rotatable bonds is 1. The molecule has 1 aromatic carbocycles. The van der Waals surface area contributed by atoms with Gasteiger partial charge in [0.25, 0.3) is 0 Å². The lowest BCUT2D eigenvalue weighted by Crippen LogP contribution is -2.45. The Morgan fingerprint density at radius 2 is 2.18 bits per heavy atom. The third-order valence-corrected chi connectivity index (χ3v) is 4.14. The van der Waals surface area contributed by atoms with Crippen LogP contribution in [0.25, 0.3) is 0 Å². The molecular weight excluding hydrogens is 259 g/mol. The summed E-state index contributed by atoms with van der Waals surface area (Å²) in [6, 6.07) is 5.46. The molecular formula is C12H12Cl2N2O. The molecule has 1 N–H and O–H groups in total. The molecule has 1 aromatic rings. The molecule has 2 fully saturated rings. The Labute approximate surface area is 110 Å². The Balaban J connectivity index is 2.11. The van der Waals surface area contributed by atoms with Crippen LogP contribution in [0, 0.1) is 0 Å². The summed E-state index contributed by atoms with van der Waals surface area (Å²) >= 11 is 12.2. The van der Waals surface area contributed by atoms with Crippen LogP contribution in [-0.2, 0) is 10.5 Å². The molecule has 0 saturated carbocycles. The van der Waals surface area contributed by atoms with Crippen molar-refractivity contribution >= 4 is 29.1 Å². The van der Waals surface area contributed by atoms with Crippen LogP contribution >= 0.6 is 23.2 Å². The fraction of sp³-hybridized carbons (Fsp3) is 0.417. The maximum atomic E-state index is 11.8. The van der Waals surface area contributed by atoms with Crippen LogP contribution in [0.1, 0.15) is 18.4 Å². The molecule has 90 valence electrons. The van der Waals surface area contributed by atoms with Crippen LogP contribution in [0.3, 0.4) is 0 Å². The quantitative estimate of drug-likeness (QED) is 0.850. The van der Waals surface area contributed by atoms with E-state index in [9.17, 15) is 4.79 Å². The second kappa shape index (κ2) is 3.87. The molecule has 3 rings (SSSR count). The van der Waals surface area contributed by atoms with E-state index in [-0.39, 0.29) is 5.91 Å². The van der Waals surface area contributed by atoms with Crippen molar-refractivity contribution < 1.29 is 4.79 Å². The van der Waals surface area contributed by atoms with E-state index in [1.54, 1.807) is 6.07 Å². The highest BCUT2D eigenvalue weighted by molar-refractivity contribution is 6.35. The number of carbonyl (C=O) groups is 1. The molecule has 2 aliphatic heterocycles. The first kappa shape index (κ1) is 11.3. The van der Waals surface area contributed by atoms with Crippen molar-refractivity contribution in [3.63, 3.8) is 0 Å². The largest absolute Gasteiger partial charge is 0.319 e. The average molecular weight is 271 g/mol. The van der Waals surface area contributed by atoms with Gasteiger partial charge in [-0.2, -0.15) is 0 Å². The van der Waals surface area contributed by atoms with Gasteiger partial charge >= 0.3 is 0 Å². The summed E-state index contributed by atoms with van der Waals surface area (Å²) in [4.78, 5) is 13.7. The molecule has 2 heterocycles. The highest BCUT2D eigenvalue weighted by Gasteiger charge is 2.50. The highest BCUT2D eigenvalue weighted by Crippen LogP contribution is 2.42. The van der Waals surface area contributed by atoms with E-state index in [0.29, 0.717) is 16.5 Å². The van der Waals surface area contributed by atoms with Crippen LogP contribution in [0.2, 0.25) is 10.0 Å².